The fourth-order valence-electron chi connectivity index (χ4n) is 1.90. The predicted octanol–water partition coefficient (Wildman–Crippen LogP) is 3.16. The predicted molar refractivity (Wildman–Crippen MR) is 82.9 cm³/mol. The van der Waals surface area contributed by atoms with Gasteiger partial charge in [-0.1, -0.05) is 12.1 Å². The van der Waals surface area contributed by atoms with Crippen molar-refractivity contribution >= 4 is 17.6 Å². The maximum absolute atomic E-state index is 13.4. The van der Waals surface area contributed by atoms with Crippen LogP contribution in [0.5, 0.6) is 5.75 Å². The van der Waals surface area contributed by atoms with Crippen LogP contribution in [-0.2, 0) is 9.53 Å². The molecule has 2 rings (SSSR count). The van der Waals surface area contributed by atoms with E-state index in [9.17, 15) is 18.4 Å². The van der Waals surface area contributed by atoms with Crippen LogP contribution in [0.2, 0.25) is 0 Å². The van der Waals surface area contributed by atoms with Gasteiger partial charge in [-0.15, -0.1) is 0 Å². The Labute approximate surface area is 137 Å². The summed E-state index contributed by atoms with van der Waals surface area (Å²) in [7, 11) is 0. The quantitative estimate of drug-likeness (QED) is 0.824. The number of para-hydroxylation sites is 1. The third-order valence-electron chi connectivity index (χ3n) is 2.95. The molecule has 0 bridgehead atoms. The van der Waals surface area contributed by atoms with Gasteiger partial charge >= 0.3 is 5.97 Å². The van der Waals surface area contributed by atoms with Gasteiger partial charge in [-0.2, -0.15) is 0 Å². The number of carbonyl (C=O) groups excluding carboxylic acids is 2. The van der Waals surface area contributed by atoms with Crippen molar-refractivity contribution in [2.45, 2.75) is 6.92 Å². The number of carbonyl (C=O) groups is 2. The summed E-state index contributed by atoms with van der Waals surface area (Å²) in [6.07, 6.45) is 0. The van der Waals surface area contributed by atoms with Crippen LogP contribution in [0, 0.1) is 11.6 Å². The van der Waals surface area contributed by atoms with E-state index in [1.54, 1.807) is 19.1 Å². The maximum atomic E-state index is 13.4. The summed E-state index contributed by atoms with van der Waals surface area (Å²) in [6.45, 7) is 1.37. The number of anilines is 1. The average Bonchev–Trinajstić information content (AvgIpc) is 2.54. The molecule has 0 radical (unpaired) electrons. The normalized spacial score (nSPS) is 10.1. The van der Waals surface area contributed by atoms with Gasteiger partial charge in [0.1, 0.15) is 5.82 Å². The zero-order chi connectivity index (χ0) is 17.5. The Morgan fingerprint density at radius 2 is 1.88 bits per heavy atom. The molecule has 0 aliphatic carbocycles. The Morgan fingerprint density at radius 1 is 1.12 bits per heavy atom. The topological polar surface area (TPSA) is 64.6 Å². The van der Waals surface area contributed by atoms with Crippen LogP contribution in [0.1, 0.15) is 17.3 Å². The Balaban J connectivity index is 2.01. The lowest BCUT2D eigenvalue weighted by molar-refractivity contribution is -0.118. The van der Waals surface area contributed by atoms with E-state index in [4.69, 9.17) is 9.47 Å². The molecule has 0 aromatic heterocycles. The van der Waals surface area contributed by atoms with E-state index in [2.05, 4.69) is 5.32 Å². The Kier molecular flexibility index (Phi) is 5.83. The van der Waals surface area contributed by atoms with E-state index in [0.717, 1.165) is 12.1 Å². The number of hydrogen-bond acceptors (Lipinski definition) is 4. The van der Waals surface area contributed by atoms with Gasteiger partial charge in [0, 0.05) is 6.07 Å². The highest BCUT2D eigenvalue weighted by Gasteiger charge is 2.14. The molecule has 0 heterocycles. The lowest BCUT2D eigenvalue weighted by atomic mass is 10.2. The number of nitrogens with one attached hydrogen (secondary N) is 1. The first-order chi connectivity index (χ1) is 11.5. The second-order valence-electron chi connectivity index (χ2n) is 4.68. The zero-order valence-electron chi connectivity index (χ0n) is 12.8. The number of esters is 1. The number of halogens is 2. The fourth-order valence-corrected chi connectivity index (χ4v) is 1.90. The molecule has 0 saturated carbocycles. The Hall–Kier alpha value is -2.96. The first kappa shape index (κ1) is 17.4. The van der Waals surface area contributed by atoms with Crippen molar-refractivity contribution in [2.75, 3.05) is 18.5 Å². The van der Waals surface area contributed by atoms with Crippen LogP contribution < -0.4 is 10.1 Å². The summed E-state index contributed by atoms with van der Waals surface area (Å²) >= 11 is 0. The van der Waals surface area contributed by atoms with Gasteiger partial charge in [0.15, 0.2) is 18.2 Å². The molecule has 5 nitrogen and oxygen atoms in total. The van der Waals surface area contributed by atoms with E-state index in [-0.39, 0.29) is 23.6 Å². The van der Waals surface area contributed by atoms with E-state index in [0.29, 0.717) is 6.07 Å². The van der Waals surface area contributed by atoms with Gasteiger partial charge in [0.05, 0.1) is 17.9 Å². The third-order valence-corrected chi connectivity index (χ3v) is 2.95. The number of ether oxygens (including phenoxy) is 2. The fraction of sp³-hybridized carbons (Fsp3) is 0.176. The first-order valence-corrected chi connectivity index (χ1v) is 7.15. The summed E-state index contributed by atoms with van der Waals surface area (Å²) in [5.74, 6) is -3.07. The van der Waals surface area contributed by atoms with Crippen molar-refractivity contribution in [3.63, 3.8) is 0 Å². The molecule has 0 atom stereocenters. The van der Waals surface area contributed by atoms with Crippen molar-refractivity contribution < 1.29 is 27.8 Å². The van der Waals surface area contributed by atoms with Crippen molar-refractivity contribution in [1.29, 1.82) is 0 Å². The second-order valence-corrected chi connectivity index (χ2v) is 4.68. The minimum atomic E-state index is -0.908. The molecule has 24 heavy (non-hydrogen) atoms. The molecular formula is C17H15F2NO4. The first-order valence-electron chi connectivity index (χ1n) is 7.15. The molecule has 0 unspecified atom stereocenters. The van der Waals surface area contributed by atoms with Crippen LogP contribution in [0.3, 0.4) is 0 Å². The van der Waals surface area contributed by atoms with Crippen LogP contribution in [0.4, 0.5) is 14.5 Å². The van der Waals surface area contributed by atoms with E-state index in [1.807, 2.05) is 0 Å². The number of amides is 1. The SMILES string of the molecule is CCOC(=O)c1ccccc1NC(=O)COc1ccc(F)cc1F. The number of rotatable bonds is 6. The van der Waals surface area contributed by atoms with Crippen LogP contribution in [0.15, 0.2) is 42.5 Å². The molecule has 7 heteroatoms. The van der Waals surface area contributed by atoms with Gasteiger partial charge in [0.25, 0.3) is 5.91 Å². The lowest BCUT2D eigenvalue weighted by Gasteiger charge is -2.11. The molecule has 2 aromatic carbocycles. The van der Waals surface area contributed by atoms with E-state index in [1.165, 1.54) is 12.1 Å². The highest BCUT2D eigenvalue weighted by molar-refractivity contribution is 6.01. The third kappa shape index (κ3) is 4.52. The zero-order valence-corrected chi connectivity index (χ0v) is 12.8. The summed E-state index contributed by atoms with van der Waals surface area (Å²) in [6, 6.07) is 9.07. The molecule has 0 aliphatic heterocycles. The highest BCUT2D eigenvalue weighted by Crippen LogP contribution is 2.19. The molecule has 0 aliphatic rings. The van der Waals surface area contributed by atoms with Crippen molar-refractivity contribution in [3.05, 3.63) is 59.7 Å². The lowest BCUT2D eigenvalue weighted by Crippen LogP contribution is -2.22. The monoisotopic (exact) mass is 335 g/mol. The van der Waals surface area contributed by atoms with Crippen LogP contribution in [0.25, 0.3) is 0 Å². The van der Waals surface area contributed by atoms with Crippen molar-refractivity contribution in [2.24, 2.45) is 0 Å². The number of hydrogen-bond donors (Lipinski definition) is 1. The second kappa shape index (κ2) is 8.05. The number of benzene rings is 2. The van der Waals surface area contributed by atoms with Gasteiger partial charge in [-0.25, -0.2) is 13.6 Å². The summed E-state index contributed by atoms with van der Waals surface area (Å²) in [4.78, 5) is 23.7. The largest absolute Gasteiger partial charge is 0.481 e. The van der Waals surface area contributed by atoms with Crippen molar-refractivity contribution in [1.82, 2.24) is 0 Å². The summed E-state index contributed by atoms with van der Waals surface area (Å²) < 4.78 is 36.1. The van der Waals surface area contributed by atoms with Crippen molar-refractivity contribution in [3.8, 4) is 5.75 Å². The molecule has 126 valence electrons. The molecule has 1 N–H and O–H groups in total. The minimum absolute atomic E-state index is 0.195. The summed E-state index contributed by atoms with van der Waals surface area (Å²) in [5, 5.41) is 2.49. The Morgan fingerprint density at radius 3 is 2.58 bits per heavy atom. The van der Waals surface area contributed by atoms with Gasteiger partial charge in [-0.3, -0.25) is 4.79 Å². The van der Waals surface area contributed by atoms with Gasteiger partial charge in [0.2, 0.25) is 0 Å². The highest BCUT2D eigenvalue weighted by atomic mass is 19.1. The van der Waals surface area contributed by atoms with Crippen LogP contribution >= 0.6 is 0 Å². The smallest absolute Gasteiger partial charge is 0.340 e. The molecule has 0 spiro atoms. The van der Waals surface area contributed by atoms with E-state index < -0.39 is 30.1 Å². The minimum Gasteiger partial charge on any atom is -0.481 e. The Bertz CT molecular complexity index is 749. The molecule has 2 aromatic rings. The molecular weight excluding hydrogens is 320 g/mol. The summed E-state index contributed by atoms with van der Waals surface area (Å²) in [5.41, 5.74) is 0.449. The maximum Gasteiger partial charge on any atom is 0.340 e. The molecule has 0 saturated heterocycles. The standard InChI is InChI=1S/C17H15F2NO4/c1-2-23-17(22)12-5-3-4-6-14(12)20-16(21)10-24-15-8-7-11(18)9-13(15)19/h3-9H,2,10H2,1H3,(H,20,21). The molecule has 1 amide bonds. The van der Waals surface area contributed by atoms with Gasteiger partial charge < -0.3 is 14.8 Å². The van der Waals surface area contributed by atoms with Crippen LogP contribution in [-0.4, -0.2) is 25.1 Å². The van der Waals surface area contributed by atoms with Gasteiger partial charge in [-0.05, 0) is 31.2 Å². The average molecular weight is 335 g/mol. The molecule has 0 fully saturated rings. The van der Waals surface area contributed by atoms with E-state index >= 15 is 0 Å².